The molecule has 0 aliphatic carbocycles. The maximum absolute atomic E-state index is 10.6. The van der Waals surface area contributed by atoms with Crippen LogP contribution in [0.25, 0.3) is 0 Å². The van der Waals surface area contributed by atoms with Gasteiger partial charge in [0.1, 0.15) is 0 Å². The summed E-state index contributed by atoms with van der Waals surface area (Å²) in [6.45, 7) is 2.27. The zero-order valence-corrected chi connectivity index (χ0v) is 13.1. The first-order valence-corrected chi connectivity index (χ1v) is 8.39. The van der Waals surface area contributed by atoms with E-state index in [2.05, 4.69) is 22.9 Å². The van der Waals surface area contributed by atoms with Crippen LogP contribution in [0.5, 0.6) is 0 Å². The van der Waals surface area contributed by atoms with E-state index in [0.29, 0.717) is 6.42 Å². The first-order chi connectivity index (χ1) is 8.77. The van der Waals surface area contributed by atoms with Gasteiger partial charge in [-0.25, -0.2) is 0 Å². The molecule has 0 fully saturated rings. The summed E-state index contributed by atoms with van der Waals surface area (Å²) >= 11 is 4.67. The third-order valence-electron chi connectivity index (χ3n) is 3.46. The van der Waals surface area contributed by atoms with Crippen molar-refractivity contribution in [3.05, 3.63) is 0 Å². The van der Waals surface area contributed by atoms with Crippen LogP contribution in [0, 0.1) is 0 Å². The van der Waals surface area contributed by atoms with E-state index >= 15 is 0 Å². The zero-order chi connectivity index (χ0) is 13.5. The summed E-state index contributed by atoms with van der Waals surface area (Å²) in [5, 5.41) is 0. The van der Waals surface area contributed by atoms with Crippen molar-refractivity contribution in [1.29, 1.82) is 0 Å². The Bertz CT molecular complexity index is 180. The van der Waals surface area contributed by atoms with Crippen LogP contribution in [-0.4, -0.2) is 4.68 Å². The van der Waals surface area contributed by atoms with Gasteiger partial charge in [0.05, 0.1) is 0 Å². The molecule has 0 aliphatic heterocycles. The van der Waals surface area contributed by atoms with Crippen LogP contribution < -0.4 is 0 Å². The van der Waals surface area contributed by atoms with Crippen LogP contribution in [0.15, 0.2) is 0 Å². The van der Waals surface area contributed by atoms with E-state index in [-0.39, 0.29) is 4.68 Å². The molecular weight excluding hydrogens is 272 g/mol. The summed E-state index contributed by atoms with van der Waals surface area (Å²) in [6.07, 6.45) is 18.0. The number of rotatable bonds is 14. The Morgan fingerprint density at radius 2 is 1.00 bits per heavy atom. The van der Waals surface area contributed by atoms with E-state index in [9.17, 15) is 4.79 Å². The van der Waals surface area contributed by atoms with Crippen molar-refractivity contribution in [3.63, 3.8) is 0 Å². The first kappa shape index (κ1) is 18.2. The third-order valence-corrected chi connectivity index (χ3v) is 3.69. The van der Waals surface area contributed by atoms with Crippen LogP contribution in [-0.2, 0) is 20.8 Å². The fraction of sp³-hybridized carbons (Fsp3) is 0.938. The SMILES string of the molecule is CCCCCCCCCCCCCCC[C](=O)[Cu]. The van der Waals surface area contributed by atoms with Gasteiger partial charge < -0.3 is 0 Å². The molecule has 18 heavy (non-hydrogen) atoms. The van der Waals surface area contributed by atoms with Crippen molar-refractivity contribution in [3.8, 4) is 0 Å². The number of carbonyl (C=O) groups is 1. The number of unbranched alkanes of at least 4 members (excludes halogenated alkanes) is 12. The average molecular weight is 303 g/mol. The molecule has 0 amide bonds. The second-order valence-electron chi connectivity index (χ2n) is 5.31. The zero-order valence-electron chi connectivity index (χ0n) is 12.1. The molecule has 0 spiro atoms. The molecule has 0 N–H and O–H groups in total. The van der Waals surface area contributed by atoms with Crippen LogP contribution in [0.2, 0.25) is 0 Å². The van der Waals surface area contributed by atoms with Gasteiger partial charge in [-0.05, 0) is 0 Å². The molecule has 2 heteroatoms. The van der Waals surface area contributed by atoms with Gasteiger partial charge in [0, 0.05) is 0 Å². The van der Waals surface area contributed by atoms with Crippen molar-refractivity contribution >= 4 is 4.68 Å². The Morgan fingerprint density at radius 3 is 1.33 bits per heavy atom. The number of hydrogen-bond donors (Lipinski definition) is 0. The minimum atomic E-state index is -0.0921. The standard InChI is InChI=1S/C16H31O.Cu/c1-2-3-4-5-6-7-8-9-10-11-12-13-14-15-16-17;/h2-15H2,1H3;. The van der Waals surface area contributed by atoms with E-state index in [4.69, 9.17) is 0 Å². The summed E-state index contributed by atoms with van der Waals surface area (Å²) in [5.41, 5.74) is 0. The van der Waals surface area contributed by atoms with Crippen molar-refractivity contribution < 1.29 is 20.8 Å². The second kappa shape index (κ2) is 15.2. The molecule has 0 aromatic rings. The van der Waals surface area contributed by atoms with Gasteiger partial charge in [0.15, 0.2) is 0 Å². The van der Waals surface area contributed by atoms with Gasteiger partial charge in [0.2, 0.25) is 0 Å². The Labute approximate surface area is 122 Å². The molecule has 0 rings (SSSR count). The molecule has 0 aromatic heterocycles. The van der Waals surface area contributed by atoms with Crippen LogP contribution in [0.4, 0.5) is 0 Å². The Hall–Kier alpha value is 0.189. The predicted octanol–water partition coefficient (Wildman–Crippen LogP) is 5.54. The van der Waals surface area contributed by atoms with E-state index in [0.717, 1.165) is 6.42 Å². The number of carbonyl (C=O) groups excluding carboxylic acids is 1. The summed E-state index contributed by atoms with van der Waals surface area (Å²) in [5.74, 6) is 0. The maximum atomic E-state index is 10.6. The minimum absolute atomic E-state index is 0.0921. The van der Waals surface area contributed by atoms with Gasteiger partial charge in [0.25, 0.3) is 0 Å². The molecule has 0 bridgehead atoms. The summed E-state index contributed by atoms with van der Waals surface area (Å²) in [4.78, 5) is 10.6. The van der Waals surface area contributed by atoms with E-state index < -0.39 is 0 Å². The summed E-state index contributed by atoms with van der Waals surface area (Å²) < 4.78 is -0.0921. The quantitative estimate of drug-likeness (QED) is 0.304. The van der Waals surface area contributed by atoms with Crippen molar-refractivity contribution in [1.82, 2.24) is 0 Å². The van der Waals surface area contributed by atoms with E-state index in [1.165, 1.54) is 77.0 Å². The molecule has 0 atom stereocenters. The fourth-order valence-electron chi connectivity index (χ4n) is 2.27. The summed E-state index contributed by atoms with van der Waals surface area (Å²) in [6, 6.07) is 0. The van der Waals surface area contributed by atoms with Gasteiger partial charge >= 0.3 is 96.1 Å². The first-order valence-electron chi connectivity index (χ1n) is 7.92. The van der Waals surface area contributed by atoms with Gasteiger partial charge in [-0.15, -0.1) is 0 Å². The predicted molar refractivity (Wildman–Crippen MR) is 75.3 cm³/mol. The van der Waals surface area contributed by atoms with Crippen LogP contribution >= 0.6 is 0 Å². The Balaban J connectivity index is 2.92. The molecule has 0 heterocycles. The topological polar surface area (TPSA) is 17.1 Å². The average Bonchev–Trinajstić information content (AvgIpc) is 2.34. The van der Waals surface area contributed by atoms with Gasteiger partial charge in [-0.1, -0.05) is 26.2 Å². The molecule has 0 unspecified atom stereocenters. The van der Waals surface area contributed by atoms with Crippen molar-refractivity contribution in [2.75, 3.05) is 0 Å². The molecule has 0 saturated carbocycles. The van der Waals surface area contributed by atoms with Gasteiger partial charge in [-0.3, -0.25) is 0 Å². The molecular formula is C16H31CuO. The van der Waals surface area contributed by atoms with Gasteiger partial charge in [-0.2, -0.15) is 0 Å². The normalized spacial score (nSPS) is 10.8. The second-order valence-corrected chi connectivity index (χ2v) is 5.83. The van der Waals surface area contributed by atoms with Crippen LogP contribution in [0.1, 0.15) is 96.8 Å². The van der Waals surface area contributed by atoms with Crippen LogP contribution in [0.3, 0.4) is 0 Å². The monoisotopic (exact) mass is 302 g/mol. The molecule has 1 nitrogen and oxygen atoms in total. The van der Waals surface area contributed by atoms with E-state index in [1.807, 2.05) is 0 Å². The third kappa shape index (κ3) is 16.2. The summed E-state index contributed by atoms with van der Waals surface area (Å²) in [7, 11) is 0. The molecule has 112 valence electrons. The molecule has 0 aromatic carbocycles. The fourth-order valence-corrected chi connectivity index (χ4v) is 2.43. The number of hydrogen-bond acceptors (Lipinski definition) is 1. The van der Waals surface area contributed by atoms with E-state index in [1.54, 1.807) is 0 Å². The molecule has 0 saturated heterocycles. The molecule has 0 radical (unpaired) electrons. The molecule has 0 aliphatic rings. The van der Waals surface area contributed by atoms with Crippen molar-refractivity contribution in [2.24, 2.45) is 0 Å². The van der Waals surface area contributed by atoms with Crippen molar-refractivity contribution in [2.45, 2.75) is 96.8 Å². The Kier molecular flexibility index (Phi) is 15.4. The Morgan fingerprint density at radius 1 is 0.667 bits per heavy atom.